The van der Waals surface area contributed by atoms with Gasteiger partial charge in [0.2, 0.25) is 5.91 Å². The normalized spacial score (nSPS) is 32.3. The van der Waals surface area contributed by atoms with Crippen molar-refractivity contribution < 1.29 is 13.2 Å². The van der Waals surface area contributed by atoms with Gasteiger partial charge in [-0.05, 0) is 5.92 Å². The molecule has 0 aromatic heterocycles. The summed E-state index contributed by atoms with van der Waals surface area (Å²) in [6.07, 6.45) is 0. The molecule has 1 unspecified atom stereocenters. The van der Waals surface area contributed by atoms with Crippen LogP contribution in [0.3, 0.4) is 0 Å². The zero-order chi connectivity index (χ0) is 13.5. The van der Waals surface area contributed by atoms with E-state index < -0.39 is 9.84 Å². The summed E-state index contributed by atoms with van der Waals surface area (Å²) < 4.78 is 23.4. The van der Waals surface area contributed by atoms with Crippen molar-refractivity contribution >= 4 is 15.7 Å². The van der Waals surface area contributed by atoms with Crippen LogP contribution in [0.5, 0.6) is 0 Å². The second-order valence-corrected chi connectivity index (χ2v) is 7.92. The first-order valence-corrected chi connectivity index (χ1v) is 8.38. The highest BCUT2D eigenvalue weighted by molar-refractivity contribution is 7.91. The topological polar surface area (TPSA) is 66.5 Å². The molecule has 3 atom stereocenters. The molecule has 5 nitrogen and oxygen atoms in total. The van der Waals surface area contributed by atoms with Crippen molar-refractivity contribution in [2.24, 2.45) is 11.8 Å². The van der Waals surface area contributed by atoms with Crippen LogP contribution in [0, 0.1) is 11.8 Å². The Bertz CT molecular complexity index is 433. The Hall–Kier alpha value is -0.620. The van der Waals surface area contributed by atoms with Gasteiger partial charge < -0.3 is 10.2 Å². The first-order chi connectivity index (χ1) is 8.32. The average Bonchev–Trinajstić information content (AvgIpc) is 2.60. The van der Waals surface area contributed by atoms with Gasteiger partial charge in [0.05, 0.1) is 17.5 Å². The minimum atomic E-state index is -3.00. The first kappa shape index (κ1) is 13.8. The van der Waals surface area contributed by atoms with Crippen LogP contribution in [-0.4, -0.2) is 55.9 Å². The number of hydrogen-bond acceptors (Lipinski definition) is 4. The highest BCUT2D eigenvalue weighted by Gasteiger charge is 2.45. The minimum absolute atomic E-state index is 0.0490. The van der Waals surface area contributed by atoms with Gasteiger partial charge in [0.15, 0.2) is 9.84 Å². The Labute approximate surface area is 109 Å². The summed E-state index contributed by atoms with van der Waals surface area (Å²) >= 11 is 0. The number of hydrogen-bond donors (Lipinski definition) is 1. The van der Waals surface area contributed by atoms with Crippen molar-refractivity contribution in [3.63, 3.8) is 0 Å². The van der Waals surface area contributed by atoms with E-state index in [1.807, 2.05) is 20.8 Å². The lowest BCUT2D eigenvalue weighted by atomic mass is 9.94. The summed E-state index contributed by atoms with van der Waals surface area (Å²) in [5, 5.41) is 3.22. The van der Waals surface area contributed by atoms with E-state index in [0.29, 0.717) is 13.1 Å². The van der Waals surface area contributed by atoms with Crippen LogP contribution >= 0.6 is 0 Å². The van der Waals surface area contributed by atoms with E-state index in [2.05, 4.69) is 5.32 Å². The van der Waals surface area contributed by atoms with E-state index >= 15 is 0 Å². The molecule has 1 N–H and O–H groups in total. The van der Waals surface area contributed by atoms with Crippen molar-refractivity contribution in [1.29, 1.82) is 0 Å². The molecule has 0 bridgehead atoms. The van der Waals surface area contributed by atoms with Crippen molar-refractivity contribution in [3.8, 4) is 0 Å². The summed E-state index contributed by atoms with van der Waals surface area (Å²) in [7, 11) is -3.00. The number of carbonyl (C=O) groups is 1. The SMILES string of the molecule is CC(C)C(C)C(=O)N1CCN[C@H]2CS(=O)(=O)C[C@H]21. The van der Waals surface area contributed by atoms with E-state index in [1.165, 1.54) is 0 Å². The van der Waals surface area contributed by atoms with Crippen LogP contribution in [0.2, 0.25) is 0 Å². The van der Waals surface area contributed by atoms with Crippen LogP contribution < -0.4 is 5.32 Å². The Kier molecular flexibility index (Phi) is 3.69. The molecular weight excluding hydrogens is 252 g/mol. The van der Waals surface area contributed by atoms with Crippen molar-refractivity contribution in [1.82, 2.24) is 10.2 Å². The van der Waals surface area contributed by atoms with Crippen LogP contribution in [0.1, 0.15) is 20.8 Å². The molecule has 0 aromatic rings. The van der Waals surface area contributed by atoms with Gasteiger partial charge in [0.25, 0.3) is 0 Å². The number of sulfone groups is 1. The third-order valence-electron chi connectivity index (χ3n) is 4.15. The van der Waals surface area contributed by atoms with E-state index in [9.17, 15) is 13.2 Å². The monoisotopic (exact) mass is 274 g/mol. The molecule has 2 rings (SSSR count). The van der Waals surface area contributed by atoms with Crippen molar-refractivity contribution in [2.75, 3.05) is 24.6 Å². The van der Waals surface area contributed by atoms with Gasteiger partial charge in [0, 0.05) is 25.0 Å². The van der Waals surface area contributed by atoms with Crippen LogP contribution in [0.25, 0.3) is 0 Å². The maximum absolute atomic E-state index is 12.4. The predicted molar refractivity (Wildman–Crippen MR) is 69.9 cm³/mol. The van der Waals surface area contributed by atoms with E-state index in [4.69, 9.17) is 0 Å². The third-order valence-corrected chi connectivity index (χ3v) is 5.87. The Morgan fingerprint density at radius 2 is 1.94 bits per heavy atom. The molecule has 2 saturated heterocycles. The van der Waals surface area contributed by atoms with Crippen molar-refractivity contribution in [3.05, 3.63) is 0 Å². The molecule has 0 aromatic carbocycles. The fourth-order valence-electron chi connectivity index (χ4n) is 2.69. The molecule has 104 valence electrons. The lowest BCUT2D eigenvalue weighted by Gasteiger charge is -2.39. The predicted octanol–water partition coefficient (Wildman–Crippen LogP) is -0.124. The molecule has 0 saturated carbocycles. The van der Waals surface area contributed by atoms with Crippen LogP contribution in [0.4, 0.5) is 0 Å². The largest absolute Gasteiger partial charge is 0.336 e. The van der Waals surface area contributed by atoms with Crippen LogP contribution in [0.15, 0.2) is 0 Å². The van der Waals surface area contributed by atoms with E-state index in [-0.39, 0.29) is 41.3 Å². The number of carbonyl (C=O) groups excluding carboxylic acids is 1. The minimum Gasteiger partial charge on any atom is -0.336 e. The summed E-state index contributed by atoms with van der Waals surface area (Å²) in [6.45, 7) is 7.27. The molecule has 1 amide bonds. The number of nitrogens with one attached hydrogen (secondary N) is 1. The fourth-order valence-corrected chi connectivity index (χ4v) is 4.64. The molecule has 6 heteroatoms. The zero-order valence-electron chi connectivity index (χ0n) is 11.2. The Morgan fingerprint density at radius 1 is 1.28 bits per heavy atom. The van der Waals surface area contributed by atoms with Gasteiger partial charge in [-0.2, -0.15) is 0 Å². The smallest absolute Gasteiger partial charge is 0.226 e. The number of fused-ring (bicyclic) bond motifs is 1. The van der Waals surface area contributed by atoms with Gasteiger partial charge >= 0.3 is 0 Å². The standard InChI is InChI=1S/C12H22N2O3S/c1-8(2)9(3)12(15)14-5-4-13-10-6-18(16,17)7-11(10)14/h8-11,13H,4-7H2,1-3H3/t9?,10-,11+/m0/s1. The molecule has 2 aliphatic heterocycles. The van der Waals surface area contributed by atoms with Crippen LogP contribution in [-0.2, 0) is 14.6 Å². The maximum Gasteiger partial charge on any atom is 0.226 e. The van der Waals surface area contributed by atoms with E-state index in [1.54, 1.807) is 4.90 Å². The highest BCUT2D eigenvalue weighted by Crippen LogP contribution is 2.24. The van der Waals surface area contributed by atoms with Gasteiger partial charge in [-0.25, -0.2) is 8.42 Å². The van der Waals surface area contributed by atoms with Gasteiger partial charge in [-0.1, -0.05) is 20.8 Å². The van der Waals surface area contributed by atoms with Gasteiger partial charge in [-0.15, -0.1) is 0 Å². The lowest BCUT2D eigenvalue weighted by Crippen LogP contribution is -2.60. The number of piperazine rings is 1. The number of nitrogens with zero attached hydrogens (tertiary/aromatic N) is 1. The Morgan fingerprint density at radius 3 is 2.56 bits per heavy atom. The zero-order valence-corrected chi connectivity index (χ0v) is 12.0. The second-order valence-electron chi connectivity index (χ2n) is 5.77. The third kappa shape index (κ3) is 2.54. The van der Waals surface area contributed by atoms with E-state index in [0.717, 1.165) is 0 Å². The molecule has 0 aliphatic carbocycles. The maximum atomic E-state index is 12.4. The summed E-state index contributed by atoms with van der Waals surface area (Å²) in [5.74, 6) is 0.605. The molecule has 2 fully saturated rings. The first-order valence-electron chi connectivity index (χ1n) is 6.56. The quantitative estimate of drug-likeness (QED) is 0.762. The number of rotatable bonds is 2. The molecule has 0 radical (unpaired) electrons. The fraction of sp³-hybridized carbons (Fsp3) is 0.917. The van der Waals surface area contributed by atoms with Gasteiger partial charge in [-0.3, -0.25) is 4.79 Å². The van der Waals surface area contributed by atoms with Crippen molar-refractivity contribution in [2.45, 2.75) is 32.9 Å². The molecule has 0 spiro atoms. The number of amides is 1. The summed E-state index contributed by atoms with van der Waals surface area (Å²) in [6, 6.07) is -0.246. The lowest BCUT2D eigenvalue weighted by molar-refractivity contribution is -0.139. The highest BCUT2D eigenvalue weighted by atomic mass is 32.2. The molecule has 2 heterocycles. The Balaban J connectivity index is 2.16. The molecule has 2 aliphatic rings. The molecular formula is C12H22N2O3S. The van der Waals surface area contributed by atoms with Gasteiger partial charge in [0.1, 0.15) is 0 Å². The molecule has 18 heavy (non-hydrogen) atoms. The summed E-state index contributed by atoms with van der Waals surface area (Å²) in [4.78, 5) is 14.2. The average molecular weight is 274 g/mol. The summed E-state index contributed by atoms with van der Waals surface area (Å²) in [5.41, 5.74) is 0. The second kappa shape index (κ2) is 4.81.